The molecule has 1 aliphatic carbocycles. The first kappa shape index (κ1) is 15.1. The van der Waals surface area contributed by atoms with E-state index in [9.17, 15) is 4.79 Å². The van der Waals surface area contributed by atoms with Crippen LogP contribution in [0.3, 0.4) is 0 Å². The van der Waals surface area contributed by atoms with E-state index in [1.807, 2.05) is 31.2 Å². The SMILES string of the molecule is COc1ccc(CO[C@H]2C[C@]3(C)O[C@@]4(C)O[C@@H]3C[C@@H]2C4=O)cc1. The van der Waals surface area contributed by atoms with E-state index in [1.54, 1.807) is 14.0 Å². The van der Waals surface area contributed by atoms with Crippen molar-refractivity contribution in [2.45, 2.75) is 56.9 Å². The molecule has 2 aliphatic heterocycles. The minimum absolute atomic E-state index is 0.00367. The molecule has 1 aromatic rings. The Kier molecular flexibility index (Phi) is 3.31. The summed E-state index contributed by atoms with van der Waals surface area (Å²) in [6.45, 7) is 4.25. The van der Waals surface area contributed by atoms with Crippen molar-refractivity contribution in [3.63, 3.8) is 0 Å². The zero-order valence-electron chi connectivity index (χ0n) is 13.7. The second-order valence-corrected chi connectivity index (χ2v) is 7.08. The average molecular weight is 318 g/mol. The van der Waals surface area contributed by atoms with E-state index >= 15 is 0 Å². The Morgan fingerprint density at radius 2 is 2.00 bits per heavy atom. The molecule has 3 aliphatic rings. The van der Waals surface area contributed by atoms with Gasteiger partial charge >= 0.3 is 0 Å². The van der Waals surface area contributed by atoms with Gasteiger partial charge in [-0.25, -0.2) is 0 Å². The third-order valence-electron chi connectivity index (χ3n) is 5.41. The van der Waals surface area contributed by atoms with Crippen molar-refractivity contribution in [3.05, 3.63) is 29.8 Å². The van der Waals surface area contributed by atoms with Gasteiger partial charge in [0.15, 0.2) is 5.78 Å². The topological polar surface area (TPSA) is 54.0 Å². The van der Waals surface area contributed by atoms with Gasteiger partial charge in [-0.05, 0) is 38.0 Å². The fraction of sp³-hybridized carbons (Fsp3) is 0.611. The number of Topliss-reactive ketones (excluding diaryl/α,β-unsaturated/α-hetero) is 1. The molecule has 0 spiro atoms. The molecule has 4 rings (SSSR count). The van der Waals surface area contributed by atoms with E-state index in [-0.39, 0.29) is 23.9 Å². The number of benzene rings is 1. The molecule has 5 heteroatoms. The minimum Gasteiger partial charge on any atom is -0.497 e. The van der Waals surface area contributed by atoms with Crippen molar-refractivity contribution in [2.75, 3.05) is 7.11 Å². The molecule has 0 radical (unpaired) electrons. The summed E-state index contributed by atoms with van der Waals surface area (Å²) >= 11 is 0. The molecule has 2 heterocycles. The van der Waals surface area contributed by atoms with Crippen LogP contribution in [0.5, 0.6) is 5.75 Å². The van der Waals surface area contributed by atoms with Crippen molar-refractivity contribution >= 4 is 5.78 Å². The number of methoxy groups -OCH3 is 1. The molecule has 23 heavy (non-hydrogen) atoms. The number of rotatable bonds is 4. The molecule has 124 valence electrons. The molecule has 0 N–H and O–H groups in total. The number of carbonyl (C=O) groups excluding carboxylic acids is 1. The van der Waals surface area contributed by atoms with Gasteiger partial charge < -0.3 is 18.9 Å². The molecule has 3 fully saturated rings. The van der Waals surface area contributed by atoms with Crippen LogP contribution in [0.4, 0.5) is 0 Å². The summed E-state index contributed by atoms with van der Waals surface area (Å²) in [5.41, 5.74) is 0.638. The molecular weight excluding hydrogens is 296 g/mol. The zero-order chi connectivity index (χ0) is 16.2. The highest BCUT2D eigenvalue weighted by Crippen LogP contribution is 2.53. The number of ketones is 1. The Balaban J connectivity index is 1.49. The summed E-state index contributed by atoms with van der Waals surface area (Å²) in [6, 6.07) is 7.79. The molecule has 1 aromatic carbocycles. The van der Waals surface area contributed by atoms with Crippen LogP contribution in [0.2, 0.25) is 0 Å². The van der Waals surface area contributed by atoms with E-state index in [4.69, 9.17) is 18.9 Å². The standard InChI is InChI=1S/C18H22O5/c1-17-9-14(21-10-11-4-6-12(20-3)7-5-11)13-8-15(17)22-18(2,23-17)16(13)19/h4-7,13-15H,8-10H2,1-3H3/t13-,14-,15+,17-,18+/m0/s1. The van der Waals surface area contributed by atoms with Crippen molar-refractivity contribution < 1.29 is 23.7 Å². The number of ether oxygens (including phenoxy) is 4. The number of hydrogen-bond acceptors (Lipinski definition) is 5. The Morgan fingerprint density at radius 1 is 1.26 bits per heavy atom. The summed E-state index contributed by atoms with van der Waals surface area (Å²) in [5, 5.41) is 0. The zero-order valence-corrected chi connectivity index (χ0v) is 13.7. The minimum atomic E-state index is -1.08. The van der Waals surface area contributed by atoms with Crippen LogP contribution >= 0.6 is 0 Å². The molecule has 0 amide bonds. The highest BCUT2D eigenvalue weighted by atomic mass is 16.8. The highest BCUT2D eigenvalue weighted by Gasteiger charge is 2.67. The Morgan fingerprint density at radius 3 is 2.70 bits per heavy atom. The van der Waals surface area contributed by atoms with Gasteiger partial charge in [-0.15, -0.1) is 0 Å². The van der Waals surface area contributed by atoms with Crippen molar-refractivity contribution in [2.24, 2.45) is 5.92 Å². The van der Waals surface area contributed by atoms with Crippen LogP contribution in [0.15, 0.2) is 24.3 Å². The van der Waals surface area contributed by atoms with Crippen molar-refractivity contribution in [1.82, 2.24) is 0 Å². The van der Waals surface area contributed by atoms with Crippen molar-refractivity contribution in [3.8, 4) is 5.75 Å². The lowest BCUT2D eigenvalue weighted by molar-refractivity contribution is -0.197. The lowest BCUT2D eigenvalue weighted by Crippen LogP contribution is -2.54. The number of hydrogen-bond donors (Lipinski definition) is 0. The molecule has 3 bridgehead atoms. The van der Waals surface area contributed by atoms with Gasteiger partial charge in [-0.1, -0.05) is 12.1 Å². The predicted molar refractivity (Wildman–Crippen MR) is 82.1 cm³/mol. The molecule has 1 saturated carbocycles. The lowest BCUT2D eigenvalue weighted by Gasteiger charge is -2.42. The summed E-state index contributed by atoms with van der Waals surface area (Å²) in [7, 11) is 1.65. The van der Waals surface area contributed by atoms with E-state index in [1.165, 1.54) is 0 Å². The molecule has 5 nitrogen and oxygen atoms in total. The first-order valence-electron chi connectivity index (χ1n) is 8.10. The van der Waals surface area contributed by atoms with Gasteiger partial charge in [0.25, 0.3) is 0 Å². The molecular formula is C18H22O5. The predicted octanol–water partition coefficient (Wildman–Crippen LogP) is 2.46. The highest BCUT2D eigenvalue weighted by molar-refractivity contribution is 5.90. The van der Waals surface area contributed by atoms with E-state index in [2.05, 4.69) is 0 Å². The van der Waals surface area contributed by atoms with E-state index < -0.39 is 11.4 Å². The largest absolute Gasteiger partial charge is 0.497 e. The fourth-order valence-corrected chi connectivity index (χ4v) is 4.15. The summed E-state index contributed by atoms with van der Waals surface area (Å²) in [5.74, 6) is -0.369. The van der Waals surface area contributed by atoms with Crippen molar-refractivity contribution in [1.29, 1.82) is 0 Å². The normalized spacial score (nSPS) is 41.3. The van der Waals surface area contributed by atoms with Gasteiger partial charge in [0.05, 0.1) is 37.4 Å². The summed E-state index contributed by atoms with van der Waals surface area (Å²) < 4.78 is 23.1. The van der Waals surface area contributed by atoms with Crippen LogP contribution in [0, 0.1) is 5.92 Å². The molecule has 0 unspecified atom stereocenters. The maximum atomic E-state index is 12.7. The third kappa shape index (κ3) is 2.30. The first-order valence-corrected chi connectivity index (χ1v) is 8.10. The van der Waals surface area contributed by atoms with Crippen LogP contribution in [0.25, 0.3) is 0 Å². The smallest absolute Gasteiger partial charge is 0.227 e. The quantitative estimate of drug-likeness (QED) is 0.853. The van der Waals surface area contributed by atoms with Crippen LogP contribution < -0.4 is 4.74 Å². The van der Waals surface area contributed by atoms with Crippen LogP contribution in [0.1, 0.15) is 32.3 Å². The second kappa shape index (κ2) is 5.03. The monoisotopic (exact) mass is 318 g/mol. The third-order valence-corrected chi connectivity index (χ3v) is 5.41. The maximum absolute atomic E-state index is 12.7. The molecule has 5 atom stereocenters. The van der Waals surface area contributed by atoms with Gasteiger partial charge in [0.1, 0.15) is 5.75 Å². The van der Waals surface area contributed by atoms with Gasteiger partial charge in [-0.2, -0.15) is 0 Å². The van der Waals surface area contributed by atoms with Gasteiger partial charge in [-0.3, -0.25) is 4.79 Å². The second-order valence-electron chi connectivity index (χ2n) is 7.08. The van der Waals surface area contributed by atoms with Gasteiger partial charge in [0.2, 0.25) is 5.79 Å². The number of fused-ring (bicyclic) bond motifs is 2. The Labute approximate surface area is 135 Å². The molecule has 2 saturated heterocycles. The van der Waals surface area contributed by atoms with Gasteiger partial charge in [0, 0.05) is 6.42 Å². The summed E-state index contributed by atoms with van der Waals surface area (Å²) in [6.07, 6.45) is 1.27. The lowest BCUT2D eigenvalue weighted by atomic mass is 9.73. The van der Waals surface area contributed by atoms with E-state index in [0.29, 0.717) is 19.4 Å². The molecule has 0 aromatic heterocycles. The maximum Gasteiger partial charge on any atom is 0.227 e. The Hall–Kier alpha value is -1.43. The number of carbonyl (C=O) groups is 1. The average Bonchev–Trinajstić information content (AvgIpc) is 2.74. The van der Waals surface area contributed by atoms with Crippen LogP contribution in [-0.2, 0) is 25.6 Å². The Bertz CT molecular complexity index is 627. The fourth-order valence-electron chi connectivity index (χ4n) is 4.15. The van der Waals surface area contributed by atoms with Crippen LogP contribution in [-0.4, -0.2) is 36.5 Å². The van der Waals surface area contributed by atoms with E-state index in [0.717, 1.165) is 11.3 Å². The summed E-state index contributed by atoms with van der Waals surface area (Å²) in [4.78, 5) is 12.7. The first-order chi connectivity index (χ1) is 10.9.